The molecule has 3 heteroatoms. The molecule has 1 atom stereocenters. The van der Waals surface area contributed by atoms with Gasteiger partial charge in [0.1, 0.15) is 0 Å². The Balaban J connectivity index is 2.07. The van der Waals surface area contributed by atoms with E-state index < -0.39 is 0 Å². The Morgan fingerprint density at radius 3 is 2.67 bits per heavy atom. The summed E-state index contributed by atoms with van der Waals surface area (Å²) in [5, 5.41) is 0.873. The Hall–Kier alpha value is -0.0500. The fourth-order valence-corrected chi connectivity index (χ4v) is 3.01. The van der Waals surface area contributed by atoms with Crippen LogP contribution in [0.4, 0.5) is 0 Å². The fourth-order valence-electron chi connectivity index (χ4n) is 2.18. The van der Waals surface area contributed by atoms with Crippen LogP contribution in [-0.4, -0.2) is 6.04 Å². The second kappa shape index (κ2) is 4.44. The fraction of sp³-hybridized carbons (Fsp3) is 0.500. The van der Waals surface area contributed by atoms with Crippen LogP contribution in [0, 0.1) is 5.92 Å². The molecule has 1 fully saturated rings. The topological polar surface area (TPSA) is 26.0 Å². The molecule has 0 aromatic heterocycles. The van der Waals surface area contributed by atoms with Gasteiger partial charge < -0.3 is 5.73 Å². The Morgan fingerprint density at radius 1 is 1.47 bits per heavy atom. The molecule has 0 saturated heterocycles. The molecular formula is C12H15BrClN. The molecule has 15 heavy (non-hydrogen) atoms. The highest BCUT2D eigenvalue weighted by atomic mass is 79.9. The molecule has 0 heterocycles. The van der Waals surface area contributed by atoms with Crippen LogP contribution in [0.25, 0.3) is 0 Å². The van der Waals surface area contributed by atoms with Crippen molar-refractivity contribution >= 4 is 27.5 Å². The zero-order chi connectivity index (χ0) is 11.0. The molecule has 2 N–H and O–H groups in total. The third-order valence-electron chi connectivity index (χ3n) is 3.32. The summed E-state index contributed by atoms with van der Waals surface area (Å²) in [6.45, 7) is 2.09. The standard InChI is InChI=1S/C12H15BrClN/c1-7(15)8-4-9(5-8)11-3-2-10(13)6-12(11)14/h2-3,6-9H,4-5,15H2,1H3. The molecule has 2 rings (SSSR count). The number of hydrogen-bond acceptors (Lipinski definition) is 1. The van der Waals surface area contributed by atoms with Gasteiger partial charge in [0.05, 0.1) is 0 Å². The van der Waals surface area contributed by atoms with Gasteiger partial charge in [-0.2, -0.15) is 0 Å². The maximum atomic E-state index is 6.20. The van der Waals surface area contributed by atoms with Crippen LogP contribution in [-0.2, 0) is 0 Å². The second-order valence-electron chi connectivity index (χ2n) is 4.45. The highest BCUT2D eigenvalue weighted by molar-refractivity contribution is 9.10. The lowest BCUT2D eigenvalue weighted by molar-refractivity contribution is 0.229. The van der Waals surface area contributed by atoms with Crippen LogP contribution in [0.15, 0.2) is 22.7 Å². The van der Waals surface area contributed by atoms with Crippen LogP contribution in [0.5, 0.6) is 0 Å². The lowest BCUT2D eigenvalue weighted by atomic mass is 9.69. The molecule has 1 aliphatic carbocycles. The van der Waals surface area contributed by atoms with Crippen LogP contribution in [0.2, 0.25) is 5.02 Å². The highest BCUT2D eigenvalue weighted by Crippen LogP contribution is 2.45. The molecule has 1 aromatic rings. The van der Waals surface area contributed by atoms with Crippen molar-refractivity contribution in [3.05, 3.63) is 33.3 Å². The Kier molecular flexibility index (Phi) is 3.39. The predicted octanol–water partition coefficient (Wildman–Crippen LogP) is 3.94. The van der Waals surface area contributed by atoms with Crippen molar-refractivity contribution in [2.24, 2.45) is 11.7 Å². The van der Waals surface area contributed by atoms with E-state index in [1.165, 1.54) is 18.4 Å². The van der Waals surface area contributed by atoms with Crippen molar-refractivity contribution in [2.75, 3.05) is 0 Å². The first-order valence-electron chi connectivity index (χ1n) is 5.28. The average Bonchev–Trinajstić information content (AvgIpc) is 2.05. The summed E-state index contributed by atoms with van der Waals surface area (Å²) in [6.07, 6.45) is 2.36. The molecule has 0 aliphatic heterocycles. The van der Waals surface area contributed by atoms with Gasteiger partial charge in [-0.15, -0.1) is 0 Å². The molecule has 1 unspecified atom stereocenters. The molecule has 1 nitrogen and oxygen atoms in total. The van der Waals surface area contributed by atoms with Crippen LogP contribution in [0.3, 0.4) is 0 Å². The van der Waals surface area contributed by atoms with Gasteiger partial charge in [0.15, 0.2) is 0 Å². The van der Waals surface area contributed by atoms with E-state index in [4.69, 9.17) is 17.3 Å². The zero-order valence-electron chi connectivity index (χ0n) is 8.71. The van der Waals surface area contributed by atoms with Crippen LogP contribution >= 0.6 is 27.5 Å². The molecule has 1 saturated carbocycles. The number of hydrogen-bond donors (Lipinski definition) is 1. The Morgan fingerprint density at radius 2 is 2.13 bits per heavy atom. The normalized spacial score (nSPS) is 27.2. The van der Waals surface area contributed by atoms with E-state index in [-0.39, 0.29) is 0 Å². The maximum Gasteiger partial charge on any atom is 0.0452 e. The van der Waals surface area contributed by atoms with E-state index in [0.717, 1.165) is 9.50 Å². The van der Waals surface area contributed by atoms with E-state index in [9.17, 15) is 0 Å². The van der Waals surface area contributed by atoms with Gasteiger partial charge in [-0.05, 0) is 49.3 Å². The molecule has 0 radical (unpaired) electrons. The largest absolute Gasteiger partial charge is 0.328 e. The molecule has 0 bridgehead atoms. The minimum atomic E-state index is 0.315. The Bertz CT molecular complexity index is 359. The van der Waals surface area contributed by atoms with Gasteiger partial charge in [0, 0.05) is 15.5 Å². The van der Waals surface area contributed by atoms with E-state index in [1.807, 2.05) is 6.07 Å². The van der Waals surface area contributed by atoms with E-state index >= 15 is 0 Å². The molecular weight excluding hydrogens is 273 g/mol. The lowest BCUT2D eigenvalue weighted by Gasteiger charge is -2.38. The minimum absolute atomic E-state index is 0.315. The summed E-state index contributed by atoms with van der Waals surface area (Å²) in [4.78, 5) is 0. The first kappa shape index (κ1) is 11.4. The SMILES string of the molecule is CC(N)C1CC(c2ccc(Br)cc2Cl)C1. The smallest absolute Gasteiger partial charge is 0.0452 e. The predicted molar refractivity (Wildman–Crippen MR) is 68.3 cm³/mol. The zero-order valence-corrected chi connectivity index (χ0v) is 11.1. The number of nitrogens with two attached hydrogens (primary N) is 1. The van der Waals surface area contributed by atoms with Gasteiger partial charge in [-0.3, -0.25) is 0 Å². The van der Waals surface area contributed by atoms with Gasteiger partial charge in [-0.1, -0.05) is 33.6 Å². The summed E-state index contributed by atoms with van der Waals surface area (Å²) < 4.78 is 1.04. The summed E-state index contributed by atoms with van der Waals surface area (Å²) in [6, 6.07) is 6.46. The maximum absolute atomic E-state index is 6.20. The van der Waals surface area contributed by atoms with Crippen LogP contribution < -0.4 is 5.73 Å². The lowest BCUT2D eigenvalue weighted by Crippen LogP contribution is -2.36. The minimum Gasteiger partial charge on any atom is -0.328 e. The molecule has 82 valence electrons. The first-order valence-corrected chi connectivity index (χ1v) is 6.45. The average molecular weight is 289 g/mol. The number of rotatable bonds is 2. The highest BCUT2D eigenvalue weighted by Gasteiger charge is 2.33. The van der Waals surface area contributed by atoms with E-state index in [2.05, 4.69) is 35.0 Å². The van der Waals surface area contributed by atoms with Crippen molar-refractivity contribution in [3.8, 4) is 0 Å². The second-order valence-corrected chi connectivity index (χ2v) is 5.78. The van der Waals surface area contributed by atoms with Crippen molar-refractivity contribution in [1.82, 2.24) is 0 Å². The van der Waals surface area contributed by atoms with E-state index in [1.54, 1.807) is 0 Å². The Labute approximate surface area is 104 Å². The number of benzene rings is 1. The van der Waals surface area contributed by atoms with Gasteiger partial charge in [0.25, 0.3) is 0 Å². The number of halogens is 2. The van der Waals surface area contributed by atoms with Crippen LogP contribution in [0.1, 0.15) is 31.2 Å². The van der Waals surface area contributed by atoms with Crippen molar-refractivity contribution in [2.45, 2.75) is 31.7 Å². The molecule has 1 aliphatic rings. The summed E-state index contributed by atoms with van der Waals surface area (Å²) in [5.41, 5.74) is 7.13. The third kappa shape index (κ3) is 2.38. The van der Waals surface area contributed by atoms with Gasteiger partial charge >= 0.3 is 0 Å². The van der Waals surface area contributed by atoms with E-state index in [0.29, 0.717) is 17.9 Å². The summed E-state index contributed by atoms with van der Waals surface area (Å²) in [7, 11) is 0. The monoisotopic (exact) mass is 287 g/mol. The molecule has 1 aromatic carbocycles. The summed E-state index contributed by atoms with van der Waals surface area (Å²) in [5.74, 6) is 1.29. The summed E-state index contributed by atoms with van der Waals surface area (Å²) >= 11 is 9.62. The first-order chi connectivity index (χ1) is 7.08. The van der Waals surface area contributed by atoms with Crippen molar-refractivity contribution in [1.29, 1.82) is 0 Å². The van der Waals surface area contributed by atoms with Crippen molar-refractivity contribution in [3.63, 3.8) is 0 Å². The van der Waals surface area contributed by atoms with Gasteiger partial charge in [0.2, 0.25) is 0 Å². The third-order valence-corrected chi connectivity index (χ3v) is 4.14. The molecule has 0 spiro atoms. The van der Waals surface area contributed by atoms with Crippen molar-refractivity contribution < 1.29 is 0 Å². The van der Waals surface area contributed by atoms with Gasteiger partial charge in [-0.25, -0.2) is 0 Å². The quantitative estimate of drug-likeness (QED) is 0.876. The molecule has 0 amide bonds.